The van der Waals surface area contributed by atoms with Crippen LogP contribution in [0.2, 0.25) is 0 Å². The average Bonchev–Trinajstić information content (AvgIpc) is 2.53. The fourth-order valence-corrected chi connectivity index (χ4v) is 3.30. The van der Waals surface area contributed by atoms with E-state index < -0.39 is 0 Å². The van der Waals surface area contributed by atoms with Gasteiger partial charge in [0.05, 0.1) is 6.04 Å². The molecule has 1 amide bonds. The molecule has 3 heteroatoms. The minimum atomic E-state index is 0.0275. The summed E-state index contributed by atoms with van der Waals surface area (Å²) in [5, 5.41) is 3.45. The maximum Gasteiger partial charge on any atom is 0.240 e. The Balaban J connectivity index is 2.01. The van der Waals surface area contributed by atoms with Crippen molar-refractivity contribution in [2.45, 2.75) is 58.9 Å². The first-order chi connectivity index (χ1) is 8.50. The molecule has 2 heterocycles. The number of nitrogens with one attached hydrogen (secondary N) is 1. The van der Waals surface area contributed by atoms with Crippen molar-refractivity contribution in [3.63, 3.8) is 0 Å². The number of hydrogen-bond donors (Lipinski definition) is 1. The zero-order valence-corrected chi connectivity index (χ0v) is 12.2. The zero-order chi connectivity index (χ0) is 13.2. The summed E-state index contributed by atoms with van der Waals surface area (Å²) < 4.78 is 0. The molecule has 104 valence electrons. The van der Waals surface area contributed by atoms with Crippen molar-refractivity contribution in [3.8, 4) is 0 Å². The number of carbonyl (C=O) groups is 1. The molecule has 0 aromatic heterocycles. The minimum Gasteiger partial charge on any atom is -0.341 e. The van der Waals surface area contributed by atoms with Crippen LogP contribution in [-0.2, 0) is 4.79 Å². The van der Waals surface area contributed by atoms with Gasteiger partial charge in [-0.3, -0.25) is 4.79 Å². The number of carbonyl (C=O) groups excluding carboxylic acids is 1. The lowest BCUT2D eigenvalue weighted by Gasteiger charge is -2.40. The smallest absolute Gasteiger partial charge is 0.240 e. The third-order valence-electron chi connectivity index (χ3n) is 4.70. The fourth-order valence-electron chi connectivity index (χ4n) is 3.30. The molecule has 0 aliphatic carbocycles. The number of rotatable bonds is 1. The molecule has 18 heavy (non-hydrogen) atoms. The van der Waals surface area contributed by atoms with Crippen molar-refractivity contribution in [2.24, 2.45) is 11.3 Å². The monoisotopic (exact) mass is 252 g/mol. The van der Waals surface area contributed by atoms with E-state index in [0.29, 0.717) is 5.91 Å². The highest BCUT2D eigenvalue weighted by molar-refractivity contribution is 5.83. The summed E-state index contributed by atoms with van der Waals surface area (Å²) in [7, 11) is 0. The molecule has 2 atom stereocenters. The summed E-state index contributed by atoms with van der Waals surface area (Å²) in [6, 6.07) is 0.0275. The quantitative estimate of drug-likeness (QED) is 0.777. The first kappa shape index (κ1) is 13.9. The van der Waals surface area contributed by atoms with Gasteiger partial charge >= 0.3 is 0 Å². The molecule has 0 aromatic rings. The van der Waals surface area contributed by atoms with Crippen molar-refractivity contribution in [2.75, 3.05) is 19.6 Å². The van der Waals surface area contributed by atoms with E-state index in [1.54, 1.807) is 0 Å². The molecule has 0 radical (unpaired) electrons. The van der Waals surface area contributed by atoms with E-state index >= 15 is 0 Å². The Morgan fingerprint density at radius 2 is 2.00 bits per heavy atom. The van der Waals surface area contributed by atoms with Crippen LogP contribution >= 0.6 is 0 Å². The molecule has 2 fully saturated rings. The van der Waals surface area contributed by atoms with Gasteiger partial charge in [-0.15, -0.1) is 0 Å². The third kappa shape index (κ3) is 3.05. The summed E-state index contributed by atoms with van der Waals surface area (Å²) in [5.74, 6) is 1.11. The van der Waals surface area contributed by atoms with Gasteiger partial charge in [0.15, 0.2) is 0 Å². The van der Waals surface area contributed by atoms with E-state index in [1.165, 1.54) is 25.7 Å². The van der Waals surface area contributed by atoms with Crippen LogP contribution in [-0.4, -0.2) is 36.5 Å². The van der Waals surface area contributed by atoms with Gasteiger partial charge in [0.2, 0.25) is 5.91 Å². The fraction of sp³-hybridized carbons (Fsp3) is 0.933. The van der Waals surface area contributed by atoms with Crippen molar-refractivity contribution in [3.05, 3.63) is 0 Å². The normalized spacial score (nSPS) is 32.9. The molecule has 0 aromatic carbocycles. The molecule has 3 nitrogen and oxygen atoms in total. The Morgan fingerprint density at radius 3 is 2.72 bits per heavy atom. The molecule has 0 bridgehead atoms. The topological polar surface area (TPSA) is 32.3 Å². The average molecular weight is 252 g/mol. The number of piperidine rings is 1. The number of likely N-dealkylation sites (tertiary alicyclic amines) is 1. The van der Waals surface area contributed by atoms with Crippen molar-refractivity contribution < 1.29 is 4.79 Å². The Morgan fingerprint density at radius 1 is 1.22 bits per heavy atom. The van der Waals surface area contributed by atoms with Crippen molar-refractivity contribution >= 4 is 5.91 Å². The molecule has 2 aliphatic rings. The summed E-state index contributed by atoms with van der Waals surface area (Å²) in [4.78, 5) is 14.8. The van der Waals surface area contributed by atoms with Gasteiger partial charge in [-0.05, 0) is 50.0 Å². The first-order valence-corrected chi connectivity index (χ1v) is 7.53. The maximum atomic E-state index is 12.7. The highest BCUT2D eigenvalue weighted by Crippen LogP contribution is 2.31. The lowest BCUT2D eigenvalue weighted by Crippen LogP contribution is -2.56. The Kier molecular flexibility index (Phi) is 4.31. The van der Waals surface area contributed by atoms with Crippen LogP contribution in [0.25, 0.3) is 0 Å². The Hall–Kier alpha value is -0.570. The van der Waals surface area contributed by atoms with Gasteiger partial charge < -0.3 is 10.2 Å². The zero-order valence-electron chi connectivity index (χ0n) is 12.2. The molecule has 2 aliphatic heterocycles. The lowest BCUT2D eigenvalue weighted by atomic mass is 9.77. The minimum absolute atomic E-state index is 0.0275. The van der Waals surface area contributed by atoms with Gasteiger partial charge in [-0.2, -0.15) is 0 Å². The van der Waals surface area contributed by atoms with E-state index in [1.807, 2.05) is 0 Å². The summed E-state index contributed by atoms with van der Waals surface area (Å²) in [5.41, 5.74) is 0.104. The molecule has 2 unspecified atom stereocenters. The van der Waals surface area contributed by atoms with Crippen LogP contribution in [0.4, 0.5) is 0 Å². The van der Waals surface area contributed by atoms with E-state index in [9.17, 15) is 4.79 Å². The van der Waals surface area contributed by atoms with Crippen LogP contribution in [0.15, 0.2) is 0 Å². The van der Waals surface area contributed by atoms with Gasteiger partial charge in [0.1, 0.15) is 0 Å². The van der Waals surface area contributed by atoms with Crippen LogP contribution in [0.5, 0.6) is 0 Å². The van der Waals surface area contributed by atoms with E-state index in [0.717, 1.165) is 32.0 Å². The lowest BCUT2D eigenvalue weighted by molar-refractivity contribution is -0.137. The second-order valence-corrected chi connectivity index (χ2v) is 6.84. The van der Waals surface area contributed by atoms with Crippen LogP contribution in [0.3, 0.4) is 0 Å². The largest absolute Gasteiger partial charge is 0.341 e. The maximum absolute atomic E-state index is 12.7. The Bertz CT molecular complexity index is 301. The van der Waals surface area contributed by atoms with Crippen molar-refractivity contribution in [1.82, 2.24) is 10.2 Å². The second-order valence-electron chi connectivity index (χ2n) is 6.84. The number of nitrogens with zero attached hydrogens (tertiary/aromatic N) is 1. The molecule has 2 saturated heterocycles. The second kappa shape index (κ2) is 5.60. The molecular weight excluding hydrogens is 224 g/mol. The molecular formula is C15H28N2O. The summed E-state index contributed by atoms with van der Waals surface area (Å²) >= 11 is 0. The molecule has 0 spiro atoms. The van der Waals surface area contributed by atoms with Crippen LogP contribution in [0.1, 0.15) is 52.9 Å². The molecule has 1 N–H and O–H groups in total. The molecule has 2 rings (SSSR count). The standard InChI is InChI=1S/C15H28N2O/c1-12-6-4-10-17(11-7-12)14(18)13-15(2,3)8-5-9-16-13/h12-13,16H,4-11H2,1-3H3. The highest BCUT2D eigenvalue weighted by atomic mass is 16.2. The summed E-state index contributed by atoms with van der Waals surface area (Å²) in [6.45, 7) is 9.65. The highest BCUT2D eigenvalue weighted by Gasteiger charge is 2.39. The number of amides is 1. The predicted molar refractivity (Wildman–Crippen MR) is 74.4 cm³/mol. The third-order valence-corrected chi connectivity index (χ3v) is 4.70. The van der Waals surface area contributed by atoms with Crippen LogP contribution in [0, 0.1) is 11.3 Å². The van der Waals surface area contributed by atoms with Gasteiger partial charge in [-0.25, -0.2) is 0 Å². The van der Waals surface area contributed by atoms with Crippen LogP contribution < -0.4 is 5.32 Å². The molecule has 0 saturated carbocycles. The first-order valence-electron chi connectivity index (χ1n) is 7.53. The van der Waals surface area contributed by atoms with E-state index in [4.69, 9.17) is 0 Å². The van der Waals surface area contributed by atoms with Gasteiger partial charge in [0.25, 0.3) is 0 Å². The Labute approximate surface area is 111 Å². The van der Waals surface area contributed by atoms with Gasteiger partial charge in [0, 0.05) is 13.1 Å². The van der Waals surface area contributed by atoms with Crippen molar-refractivity contribution in [1.29, 1.82) is 0 Å². The van der Waals surface area contributed by atoms with Gasteiger partial charge in [-0.1, -0.05) is 20.8 Å². The van der Waals surface area contributed by atoms with E-state index in [2.05, 4.69) is 31.0 Å². The predicted octanol–water partition coefficient (Wildman–Crippen LogP) is 2.41. The summed E-state index contributed by atoms with van der Waals surface area (Å²) in [6.07, 6.45) is 5.94. The SMILES string of the molecule is CC1CCCN(C(=O)C2NCCCC2(C)C)CC1. The van der Waals surface area contributed by atoms with E-state index in [-0.39, 0.29) is 11.5 Å². The number of hydrogen-bond acceptors (Lipinski definition) is 2.